The van der Waals surface area contributed by atoms with E-state index in [9.17, 15) is 4.79 Å². The van der Waals surface area contributed by atoms with E-state index in [-0.39, 0.29) is 11.4 Å². The molecule has 0 aliphatic carbocycles. The molecule has 0 N–H and O–H groups in total. The van der Waals surface area contributed by atoms with Crippen molar-refractivity contribution in [3.63, 3.8) is 0 Å². The number of allylic oxidation sites excluding steroid dienone is 3. The molecule has 80 valence electrons. The molecule has 0 aliphatic rings. The fourth-order valence-electron chi connectivity index (χ4n) is 1.01. The summed E-state index contributed by atoms with van der Waals surface area (Å²) in [5.41, 5.74) is 0.826. The van der Waals surface area contributed by atoms with Crippen molar-refractivity contribution in [2.45, 2.75) is 34.1 Å². The molecule has 0 bridgehead atoms. The second-order valence-corrected chi connectivity index (χ2v) is 4.15. The second-order valence-electron chi connectivity index (χ2n) is 4.15. The highest BCUT2D eigenvalue weighted by atomic mass is 16.5. The minimum Gasteiger partial charge on any atom is -0.466 e. The van der Waals surface area contributed by atoms with E-state index in [1.54, 1.807) is 0 Å². The highest BCUT2D eigenvalue weighted by Crippen LogP contribution is 2.23. The van der Waals surface area contributed by atoms with Gasteiger partial charge in [-0.2, -0.15) is 0 Å². The number of hydrogen-bond acceptors (Lipinski definition) is 2. The zero-order valence-electron chi connectivity index (χ0n) is 9.59. The van der Waals surface area contributed by atoms with Gasteiger partial charge in [0.05, 0.1) is 13.0 Å². The third-order valence-electron chi connectivity index (χ3n) is 1.72. The highest BCUT2D eigenvalue weighted by molar-refractivity contribution is 5.70. The Morgan fingerprint density at radius 3 is 2.50 bits per heavy atom. The largest absolute Gasteiger partial charge is 0.466 e. The maximum Gasteiger partial charge on any atom is 0.306 e. The van der Waals surface area contributed by atoms with Gasteiger partial charge in [-0.3, -0.25) is 4.79 Å². The van der Waals surface area contributed by atoms with Crippen molar-refractivity contribution in [3.05, 3.63) is 24.3 Å². The average Bonchev–Trinajstić information content (AvgIpc) is 2.00. The van der Waals surface area contributed by atoms with Gasteiger partial charge in [-0.15, -0.1) is 0 Å². The zero-order chi connectivity index (χ0) is 11.2. The SMILES string of the molecule is C=C(C)/C=C/C(C)(C)CC(=O)OCC. The quantitative estimate of drug-likeness (QED) is 0.499. The van der Waals surface area contributed by atoms with E-state index in [0.717, 1.165) is 5.57 Å². The van der Waals surface area contributed by atoms with Crippen LogP contribution >= 0.6 is 0 Å². The first kappa shape index (κ1) is 12.9. The fraction of sp³-hybridized carbons (Fsp3) is 0.583. The molecule has 0 atom stereocenters. The Bertz CT molecular complexity index is 237. The molecule has 0 saturated heterocycles. The third kappa shape index (κ3) is 6.46. The van der Waals surface area contributed by atoms with Crippen LogP contribution in [0.5, 0.6) is 0 Å². The normalized spacial score (nSPS) is 11.7. The van der Waals surface area contributed by atoms with E-state index in [1.807, 2.05) is 39.8 Å². The van der Waals surface area contributed by atoms with E-state index in [2.05, 4.69) is 6.58 Å². The first-order valence-corrected chi connectivity index (χ1v) is 4.88. The van der Waals surface area contributed by atoms with E-state index in [1.165, 1.54) is 0 Å². The maximum atomic E-state index is 11.2. The number of carbonyl (C=O) groups excluding carboxylic acids is 1. The summed E-state index contributed by atoms with van der Waals surface area (Å²) in [6, 6.07) is 0. The molecular formula is C12H20O2. The van der Waals surface area contributed by atoms with Crippen LogP contribution in [0.2, 0.25) is 0 Å². The van der Waals surface area contributed by atoms with Crippen LogP contribution in [-0.2, 0) is 9.53 Å². The summed E-state index contributed by atoms with van der Waals surface area (Å²) in [6.45, 7) is 12.0. The molecule has 0 aromatic carbocycles. The van der Waals surface area contributed by atoms with E-state index in [0.29, 0.717) is 13.0 Å². The van der Waals surface area contributed by atoms with Gasteiger partial charge in [-0.1, -0.05) is 38.2 Å². The maximum absolute atomic E-state index is 11.2. The Labute approximate surface area is 86.6 Å². The van der Waals surface area contributed by atoms with Crippen LogP contribution in [0.4, 0.5) is 0 Å². The van der Waals surface area contributed by atoms with Gasteiger partial charge in [-0.05, 0) is 19.3 Å². The molecule has 0 radical (unpaired) electrons. The van der Waals surface area contributed by atoms with Crippen LogP contribution < -0.4 is 0 Å². The van der Waals surface area contributed by atoms with Crippen molar-refractivity contribution in [2.75, 3.05) is 6.61 Å². The summed E-state index contributed by atoms with van der Waals surface area (Å²) in [5, 5.41) is 0. The lowest BCUT2D eigenvalue weighted by Gasteiger charge is -2.18. The Kier molecular flexibility index (Phi) is 5.21. The Balaban J connectivity index is 4.19. The van der Waals surface area contributed by atoms with Gasteiger partial charge in [0.25, 0.3) is 0 Å². The molecule has 2 heteroatoms. The first-order valence-electron chi connectivity index (χ1n) is 4.88. The lowest BCUT2D eigenvalue weighted by atomic mass is 9.88. The Morgan fingerprint density at radius 1 is 1.50 bits per heavy atom. The minimum absolute atomic E-state index is 0.149. The number of carbonyl (C=O) groups is 1. The van der Waals surface area contributed by atoms with Crippen LogP contribution in [0.1, 0.15) is 34.1 Å². The molecule has 0 aromatic rings. The smallest absolute Gasteiger partial charge is 0.306 e. The van der Waals surface area contributed by atoms with Gasteiger partial charge >= 0.3 is 5.97 Å². The van der Waals surface area contributed by atoms with Crippen molar-refractivity contribution >= 4 is 5.97 Å². The number of hydrogen-bond donors (Lipinski definition) is 0. The van der Waals surface area contributed by atoms with E-state index < -0.39 is 0 Å². The highest BCUT2D eigenvalue weighted by Gasteiger charge is 2.19. The molecule has 0 spiro atoms. The van der Waals surface area contributed by atoms with Crippen molar-refractivity contribution < 1.29 is 9.53 Å². The van der Waals surface area contributed by atoms with Gasteiger partial charge in [0, 0.05) is 0 Å². The van der Waals surface area contributed by atoms with E-state index in [4.69, 9.17) is 4.74 Å². The summed E-state index contributed by atoms with van der Waals surface area (Å²) in [5.74, 6) is -0.149. The average molecular weight is 196 g/mol. The molecule has 0 unspecified atom stereocenters. The lowest BCUT2D eigenvalue weighted by Crippen LogP contribution is -2.16. The zero-order valence-corrected chi connectivity index (χ0v) is 9.59. The lowest BCUT2D eigenvalue weighted by molar-refractivity contribution is -0.144. The monoisotopic (exact) mass is 196 g/mol. The van der Waals surface area contributed by atoms with Gasteiger partial charge < -0.3 is 4.74 Å². The molecule has 0 heterocycles. The first-order chi connectivity index (χ1) is 6.37. The molecule has 0 aliphatic heterocycles. The van der Waals surface area contributed by atoms with Gasteiger partial charge in [0.15, 0.2) is 0 Å². The molecule has 14 heavy (non-hydrogen) atoms. The van der Waals surface area contributed by atoms with Crippen molar-refractivity contribution in [3.8, 4) is 0 Å². The van der Waals surface area contributed by atoms with E-state index >= 15 is 0 Å². The van der Waals surface area contributed by atoms with Crippen molar-refractivity contribution in [2.24, 2.45) is 5.41 Å². The van der Waals surface area contributed by atoms with Crippen molar-refractivity contribution in [1.29, 1.82) is 0 Å². The summed E-state index contributed by atoms with van der Waals surface area (Å²) in [6.07, 6.45) is 4.33. The van der Waals surface area contributed by atoms with Gasteiger partial charge in [-0.25, -0.2) is 0 Å². The Hall–Kier alpha value is -1.05. The molecule has 0 amide bonds. The third-order valence-corrected chi connectivity index (χ3v) is 1.72. The molecular weight excluding hydrogens is 176 g/mol. The summed E-state index contributed by atoms with van der Waals surface area (Å²) in [4.78, 5) is 11.2. The predicted octanol–water partition coefficient (Wildman–Crippen LogP) is 3.10. The van der Waals surface area contributed by atoms with Crippen LogP contribution in [0.25, 0.3) is 0 Å². The minimum atomic E-state index is -0.162. The van der Waals surface area contributed by atoms with Crippen LogP contribution in [0.3, 0.4) is 0 Å². The standard InChI is InChI=1S/C12H20O2/c1-6-14-11(13)9-12(4,5)8-7-10(2)3/h7-8H,2,6,9H2,1,3-5H3/b8-7+. The van der Waals surface area contributed by atoms with Crippen molar-refractivity contribution in [1.82, 2.24) is 0 Å². The predicted molar refractivity (Wildman–Crippen MR) is 59.0 cm³/mol. The Morgan fingerprint density at radius 2 is 2.07 bits per heavy atom. The summed E-state index contributed by atoms with van der Waals surface area (Å²) >= 11 is 0. The molecule has 0 rings (SSSR count). The van der Waals surface area contributed by atoms with Crippen LogP contribution in [-0.4, -0.2) is 12.6 Å². The molecule has 0 saturated carbocycles. The summed E-state index contributed by atoms with van der Waals surface area (Å²) < 4.78 is 4.89. The van der Waals surface area contributed by atoms with Gasteiger partial charge in [0.2, 0.25) is 0 Å². The van der Waals surface area contributed by atoms with Crippen LogP contribution in [0.15, 0.2) is 24.3 Å². The topological polar surface area (TPSA) is 26.3 Å². The van der Waals surface area contributed by atoms with Crippen LogP contribution in [0, 0.1) is 5.41 Å². The number of rotatable bonds is 5. The molecule has 0 fully saturated rings. The fourth-order valence-corrected chi connectivity index (χ4v) is 1.01. The number of esters is 1. The van der Waals surface area contributed by atoms with Gasteiger partial charge in [0.1, 0.15) is 0 Å². The summed E-state index contributed by atoms with van der Waals surface area (Å²) in [7, 11) is 0. The molecule has 2 nitrogen and oxygen atoms in total. The molecule has 0 aromatic heterocycles. The second kappa shape index (κ2) is 5.63. The number of ether oxygens (including phenoxy) is 1.